The molecule has 1 fully saturated rings. The van der Waals surface area contributed by atoms with Gasteiger partial charge in [-0.2, -0.15) is 0 Å². The van der Waals surface area contributed by atoms with Crippen LogP contribution in [-0.2, 0) is 21.4 Å². The lowest BCUT2D eigenvalue weighted by atomic mass is 9.96. The van der Waals surface area contributed by atoms with Crippen LogP contribution >= 0.6 is 11.3 Å². The maximum atomic E-state index is 12.4. The largest absolute Gasteiger partial charge is 0.352 e. The third-order valence-electron chi connectivity index (χ3n) is 4.62. The number of carbonyl (C=O) groups is 2. The van der Waals surface area contributed by atoms with Crippen LogP contribution in [0.25, 0.3) is 0 Å². The minimum absolute atomic E-state index is 0.0378. The number of nitrogens with two attached hydrogens (primary N) is 1. The topological polar surface area (TPSA) is 122 Å². The smallest absolute Gasteiger partial charge is 0.322 e. The van der Waals surface area contributed by atoms with Gasteiger partial charge >= 0.3 is 6.03 Å². The van der Waals surface area contributed by atoms with Gasteiger partial charge in [0, 0.05) is 25.6 Å². The highest BCUT2D eigenvalue weighted by atomic mass is 32.2. The molecule has 0 unspecified atom stereocenters. The molecule has 3 amide bonds. The Morgan fingerprint density at radius 1 is 1.14 bits per heavy atom. The predicted octanol–water partition coefficient (Wildman–Crippen LogP) is 1.96. The van der Waals surface area contributed by atoms with E-state index < -0.39 is 10.0 Å². The summed E-state index contributed by atoms with van der Waals surface area (Å²) in [4.78, 5) is 26.4. The molecule has 2 aromatic rings. The minimum Gasteiger partial charge on any atom is -0.352 e. The van der Waals surface area contributed by atoms with Crippen LogP contribution in [0.1, 0.15) is 18.4 Å². The lowest BCUT2D eigenvalue weighted by Crippen LogP contribution is -2.44. The summed E-state index contributed by atoms with van der Waals surface area (Å²) in [5.74, 6) is -0.205. The Morgan fingerprint density at radius 3 is 2.39 bits per heavy atom. The number of hydrogen-bond donors (Lipinski definition) is 3. The van der Waals surface area contributed by atoms with E-state index in [0.717, 1.165) is 10.6 Å². The lowest BCUT2D eigenvalue weighted by molar-refractivity contribution is -0.126. The van der Waals surface area contributed by atoms with Crippen LogP contribution in [0.5, 0.6) is 0 Å². The number of primary sulfonamides is 1. The van der Waals surface area contributed by atoms with E-state index in [1.165, 1.54) is 23.5 Å². The quantitative estimate of drug-likeness (QED) is 0.682. The van der Waals surface area contributed by atoms with E-state index in [4.69, 9.17) is 5.14 Å². The monoisotopic (exact) mass is 422 g/mol. The molecule has 0 bridgehead atoms. The number of amides is 3. The number of anilines is 1. The maximum Gasteiger partial charge on any atom is 0.322 e. The Bertz CT molecular complexity index is 919. The molecule has 0 radical (unpaired) electrons. The number of likely N-dealkylation sites (tertiary alicyclic amines) is 1. The molecule has 28 heavy (non-hydrogen) atoms. The summed E-state index contributed by atoms with van der Waals surface area (Å²) in [5, 5.41) is 13.5. The van der Waals surface area contributed by atoms with Crippen molar-refractivity contribution in [3.63, 3.8) is 0 Å². The van der Waals surface area contributed by atoms with Gasteiger partial charge in [-0.05, 0) is 48.1 Å². The number of nitrogens with one attached hydrogen (secondary N) is 2. The Kier molecular flexibility index (Phi) is 6.32. The van der Waals surface area contributed by atoms with Crippen LogP contribution in [0.2, 0.25) is 0 Å². The van der Waals surface area contributed by atoms with Crippen molar-refractivity contribution >= 4 is 38.3 Å². The van der Waals surface area contributed by atoms with Crippen LogP contribution < -0.4 is 15.8 Å². The molecule has 0 aliphatic carbocycles. The highest BCUT2D eigenvalue weighted by molar-refractivity contribution is 7.89. The summed E-state index contributed by atoms with van der Waals surface area (Å²) in [5.41, 5.74) is 0.786. The number of sulfonamides is 1. The highest BCUT2D eigenvalue weighted by Crippen LogP contribution is 2.20. The van der Waals surface area contributed by atoms with Crippen molar-refractivity contribution in [3.05, 3.63) is 47.3 Å². The molecule has 2 heterocycles. The molecule has 1 aliphatic rings. The van der Waals surface area contributed by atoms with Crippen molar-refractivity contribution in [2.45, 2.75) is 24.3 Å². The fraction of sp³-hybridized carbons (Fsp3) is 0.333. The first-order chi connectivity index (χ1) is 13.3. The van der Waals surface area contributed by atoms with Crippen LogP contribution in [0.4, 0.5) is 9.80 Å². The van der Waals surface area contributed by atoms with E-state index in [1.807, 2.05) is 17.5 Å². The third kappa shape index (κ3) is 5.31. The predicted molar refractivity (Wildman–Crippen MR) is 107 cm³/mol. The molecule has 1 aromatic heterocycles. The number of thiophene rings is 1. The third-order valence-corrected chi connectivity index (χ3v) is 6.34. The Labute approximate surface area is 167 Å². The second-order valence-electron chi connectivity index (χ2n) is 6.58. The molecule has 1 aromatic carbocycles. The van der Waals surface area contributed by atoms with Gasteiger partial charge in [0.1, 0.15) is 0 Å². The van der Waals surface area contributed by atoms with Crippen LogP contribution in [-0.4, -0.2) is 38.3 Å². The van der Waals surface area contributed by atoms with Gasteiger partial charge in [-0.15, -0.1) is 11.3 Å². The first-order valence-corrected chi connectivity index (χ1v) is 11.2. The van der Waals surface area contributed by atoms with Crippen molar-refractivity contribution in [1.29, 1.82) is 0 Å². The summed E-state index contributed by atoms with van der Waals surface area (Å²) in [6.07, 6.45) is 1.21. The van der Waals surface area contributed by atoms with Crippen LogP contribution in [0.15, 0.2) is 46.7 Å². The fourth-order valence-electron chi connectivity index (χ4n) is 3.01. The number of nitrogens with zero attached hydrogens (tertiary/aromatic N) is 1. The SMILES string of the molecule is NS(=O)(=O)c1ccc(CNC(=O)C2CCN(C(=O)Nc3cccs3)CC2)cc1. The van der Waals surface area contributed by atoms with Gasteiger partial charge in [-0.1, -0.05) is 12.1 Å². The van der Waals surface area contributed by atoms with Crippen LogP contribution in [0, 0.1) is 5.92 Å². The maximum absolute atomic E-state index is 12.4. The molecular formula is C18H22N4O4S2. The van der Waals surface area contributed by atoms with E-state index in [1.54, 1.807) is 17.0 Å². The van der Waals surface area contributed by atoms with Crippen molar-refractivity contribution < 1.29 is 18.0 Å². The molecule has 0 atom stereocenters. The summed E-state index contributed by atoms with van der Waals surface area (Å²) >= 11 is 1.46. The summed E-state index contributed by atoms with van der Waals surface area (Å²) in [7, 11) is -3.72. The van der Waals surface area contributed by atoms with E-state index >= 15 is 0 Å². The number of piperidine rings is 1. The number of carbonyl (C=O) groups excluding carboxylic acids is 2. The number of hydrogen-bond acceptors (Lipinski definition) is 5. The molecule has 10 heteroatoms. The minimum atomic E-state index is -3.72. The molecule has 3 rings (SSSR count). The fourth-order valence-corrected chi connectivity index (χ4v) is 4.13. The second kappa shape index (κ2) is 8.72. The second-order valence-corrected chi connectivity index (χ2v) is 9.08. The lowest BCUT2D eigenvalue weighted by Gasteiger charge is -2.31. The summed E-state index contributed by atoms with van der Waals surface area (Å²) in [6.45, 7) is 1.36. The van der Waals surface area contributed by atoms with Crippen molar-refractivity contribution in [1.82, 2.24) is 10.2 Å². The van der Waals surface area contributed by atoms with E-state index in [0.29, 0.717) is 32.5 Å². The standard InChI is InChI=1S/C18H22N4O4S2/c19-28(25,26)15-5-3-13(4-6-15)12-20-17(23)14-7-9-22(10-8-14)18(24)21-16-2-1-11-27-16/h1-6,11,14H,7-10,12H2,(H,20,23)(H,21,24)(H2,19,25,26). The molecular weight excluding hydrogens is 400 g/mol. The average Bonchev–Trinajstić information content (AvgIpc) is 3.19. The van der Waals surface area contributed by atoms with Gasteiger partial charge in [0.2, 0.25) is 15.9 Å². The Morgan fingerprint density at radius 2 is 1.82 bits per heavy atom. The van der Waals surface area contributed by atoms with Gasteiger partial charge in [0.25, 0.3) is 0 Å². The van der Waals surface area contributed by atoms with Crippen molar-refractivity contribution in [3.8, 4) is 0 Å². The van der Waals surface area contributed by atoms with Crippen LogP contribution in [0.3, 0.4) is 0 Å². The normalized spacial score (nSPS) is 15.2. The first kappa shape index (κ1) is 20.3. The first-order valence-electron chi connectivity index (χ1n) is 8.82. The summed E-state index contributed by atoms with van der Waals surface area (Å²) < 4.78 is 22.5. The van der Waals surface area contributed by atoms with Gasteiger partial charge < -0.3 is 10.2 Å². The zero-order valence-corrected chi connectivity index (χ0v) is 16.8. The number of benzene rings is 1. The molecule has 150 valence electrons. The van der Waals surface area contributed by atoms with Crippen molar-refractivity contribution in [2.75, 3.05) is 18.4 Å². The van der Waals surface area contributed by atoms with Gasteiger partial charge in [0.15, 0.2) is 0 Å². The number of rotatable bonds is 5. The van der Waals surface area contributed by atoms with E-state index in [-0.39, 0.29) is 22.8 Å². The van der Waals surface area contributed by atoms with Crippen molar-refractivity contribution in [2.24, 2.45) is 11.1 Å². The average molecular weight is 423 g/mol. The molecule has 4 N–H and O–H groups in total. The molecule has 8 nitrogen and oxygen atoms in total. The zero-order chi connectivity index (χ0) is 20.1. The van der Waals surface area contributed by atoms with E-state index in [2.05, 4.69) is 10.6 Å². The molecule has 0 spiro atoms. The molecule has 1 saturated heterocycles. The molecule has 1 aliphatic heterocycles. The summed E-state index contributed by atoms with van der Waals surface area (Å²) in [6, 6.07) is 9.66. The van der Waals surface area contributed by atoms with Gasteiger partial charge in [-0.25, -0.2) is 18.4 Å². The molecule has 0 saturated carbocycles. The van der Waals surface area contributed by atoms with E-state index in [9.17, 15) is 18.0 Å². The number of urea groups is 1. The van der Waals surface area contributed by atoms with Gasteiger partial charge in [-0.3, -0.25) is 10.1 Å². The Hall–Kier alpha value is -2.43. The van der Waals surface area contributed by atoms with Gasteiger partial charge in [0.05, 0.1) is 9.90 Å². The zero-order valence-electron chi connectivity index (χ0n) is 15.1. The Balaban J connectivity index is 1.44. The highest BCUT2D eigenvalue weighted by Gasteiger charge is 2.27.